The molecule has 0 amide bonds. The summed E-state index contributed by atoms with van der Waals surface area (Å²) in [5.41, 5.74) is 2.24. The summed E-state index contributed by atoms with van der Waals surface area (Å²) < 4.78 is 58.7. The summed E-state index contributed by atoms with van der Waals surface area (Å²) in [6.07, 6.45) is 0.317. The topological polar surface area (TPSA) is 155 Å². The minimum absolute atomic E-state index is 0. The molecular formula is C17H9NNa2O8S2. The second-order valence-corrected chi connectivity index (χ2v) is 7.55. The van der Waals surface area contributed by atoms with Crippen LogP contribution in [-0.2, 0) is 27.1 Å². The van der Waals surface area contributed by atoms with Crippen molar-refractivity contribution in [1.29, 1.82) is 0 Å². The van der Waals surface area contributed by atoms with Crippen LogP contribution in [0.4, 0.5) is 5.69 Å². The van der Waals surface area contributed by atoms with Gasteiger partial charge in [-0.15, -0.1) is 18.2 Å². The predicted molar refractivity (Wildman–Crippen MR) is 92.4 cm³/mol. The van der Waals surface area contributed by atoms with Gasteiger partial charge in [0.2, 0.25) is 5.78 Å². The first-order valence-corrected chi connectivity index (χ1v) is 9.95. The number of carbonyl (C=O) groups is 2. The number of hydrogen-bond acceptors (Lipinski definition) is 9. The molecule has 1 N–H and O–H groups in total. The van der Waals surface area contributed by atoms with E-state index < -0.39 is 31.4 Å². The summed E-state index contributed by atoms with van der Waals surface area (Å²) in [5.74, 6) is -0.738. The van der Waals surface area contributed by atoms with E-state index in [0.717, 1.165) is 17.7 Å². The van der Waals surface area contributed by atoms with Crippen LogP contribution in [0.3, 0.4) is 0 Å². The Morgan fingerprint density at radius 3 is 2.20 bits per heavy atom. The normalized spacial score (nSPS) is 16.2. The third kappa shape index (κ3) is 5.55. The van der Waals surface area contributed by atoms with Gasteiger partial charge < -0.3 is 14.7 Å². The summed E-state index contributed by atoms with van der Waals surface area (Å²) in [4.78, 5) is 24.6. The molecule has 0 unspecified atom stereocenters. The predicted octanol–water partition coefficient (Wildman–Crippen LogP) is -5.30. The van der Waals surface area contributed by atoms with Crippen LogP contribution in [-0.4, -0.2) is 37.2 Å². The van der Waals surface area contributed by atoms with Crippen LogP contribution in [0.5, 0.6) is 0 Å². The van der Waals surface area contributed by atoms with Gasteiger partial charge in [-0.25, -0.2) is 8.42 Å². The maximum absolute atomic E-state index is 12.6. The van der Waals surface area contributed by atoms with Crippen molar-refractivity contribution in [1.82, 2.24) is 0 Å². The Morgan fingerprint density at radius 1 is 1.00 bits per heavy atom. The number of benzene rings is 2. The van der Waals surface area contributed by atoms with Crippen molar-refractivity contribution in [3.63, 3.8) is 0 Å². The first-order valence-electron chi connectivity index (χ1n) is 7.55. The number of hydrogen-bond donors (Lipinski definition) is 1. The average Bonchev–Trinajstić information content (AvgIpc) is 3.11. The molecule has 0 saturated carbocycles. The molecule has 9 nitrogen and oxygen atoms in total. The van der Waals surface area contributed by atoms with Crippen molar-refractivity contribution in [3.05, 3.63) is 70.4 Å². The molecule has 144 valence electrons. The number of nitrogens with one attached hydrogen (secondary N) is 1. The van der Waals surface area contributed by atoms with Crippen LogP contribution in [0.2, 0.25) is 0 Å². The molecule has 1 heterocycles. The maximum atomic E-state index is 12.6. The molecule has 0 fully saturated rings. The molecule has 2 aromatic carbocycles. The summed E-state index contributed by atoms with van der Waals surface area (Å²) in [7, 11) is -7.77. The number of rotatable bonds is 1. The fourth-order valence-electron chi connectivity index (χ4n) is 2.98. The van der Waals surface area contributed by atoms with Gasteiger partial charge in [-0.05, 0) is 24.6 Å². The molecule has 0 saturated heterocycles. The fraction of sp³-hybridized carbons (Fsp3) is 0.0588. The molecule has 4 rings (SSSR count). The first-order chi connectivity index (χ1) is 13.1. The van der Waals surface area contributed by atoms with Crippen molar-refractivity contribution < 1.29 is 94.3 Å². The van der Waals surface area contributed by atoms with Crippen LogP contribution in [0.1, 0.15) is 26.3 Å². The first kappa shape index (κ1) is 26.9. The van der Waals surface area contributed by atoms with Crippen molar-refractivity contribution in [3.8, 4) is 0 Å². The number of Topliss-reactive ketones (excluding diaryl/α,β-unsaturated/α-hetero) is 2. The fourth-order valence-corrected chi connectivity index (χ4v) is 3.47. The summed E-state index contributed by atoms with van der Waals surface area (Å²) in [6, 6.07) is 11.4. The summed E-state index contributed by atoms with van der Waals surface area (Å²) in [5, 5.41) is 2.87. The molecule has 0 atom stereocenters. The molecular weight excluding hydrogens is 456 g/mol. The minimum atomic E-state index is -4.66. The average molecular weight is 465 g/mol. The number of anilines is 1. The van der Waals surface area contributed by atoms with Crippen molar-refractivity contribution in [2.24, 2.45) is 0 Å². The van der Waals surface area contributed by atoms with E-state index in [1.165, 1.54) is 6.07 Å². The Balaban J connectivity index is 0.000000692. The largest absolute Gasteiger partial charge is 1.00 e. The molecule has 2 aliphatic rings. The van der Waals surface area contributed by atoms with Crippen molar-refractivity contribution in [2.45, 2.75) is 11.3 Å². The summed E-state index contributed by atoms with van der Waals surface area (Å²) >= 11 is 0. The Hall–Kier alpha value is -1.15. The van der Waals surface area contributed by atoms with Gasteiger partial charge in [0.25, 0.3) is 0 Å². The number of fused-ring (bicyclic) bond motifs is 2. The number of ketones is 2. The third-order valence-corrected chi connectivity index (χ3v) is 4.98. The van der Waals surface area contributed by atoms with E-state index in [4.69, 9.17) is 12.6 Å². The molecule has 30 heavy (non-hydrogen) atoms. The van der Waals surface area contributed by atoms with Crippen LogP contribution < -0.4 is 64.4 Å². The van der Waals surface area contributed by atoms with Gasteiger partial charge in [-0.1, -0.05) is 5.56 Å². The van der Waals surface area contributed by atoms with Gasteiger partial charge in [-0.3, -0.25) is 4.79 Å². The Labute approximate surface area is 217 Å². The molecule has 2 aromatic rings. The van der Waals surface area contributed by atoms with Crippen LogP contribution in [0.25, 0.3) is 0 Å². The molecule has 1 aliphatic heterocycles. The van der Waals surface area contributed by atoms with Crippen LogP contribution in [0.15, 0.2) is 52.6 Å². The van der Waals surface area contributed by atoms with Gasteiger partial charge in [0.1, 0.15) is 15.9 Å². The Kier molecular flexibility index (Phi) is 9.36. The Morgan fingerprint density at radius 2 is 1.63 bits per heavy atom. The molecule has 0 bridgehead atoms. The molecule has 0 spiro atoms. The monoisotopic (exact) mass is 465 g/mol. The number of allylic oxidation sites excluding steroid dienone is 2. The molecule has 13 heteroatoms. The van der Waals surface area contributed by atoms with Gasteiger partial charge >= 0.3 is 69.7 Å². The van der Waals surface area contributed by atoms with Gasteiger partial charge in [0.15, 0.2) is 0 Å². The van der Waals surface area contributed by atoms with E-state index in [1.807, 2.05) is 0 Å². The zero-order chi connectivity index (χ0) is 20.6. The van der Waals surface area contributed by atoms with Gasteiger partial charge in [0.05, 0.1) is 10.6 Å². The quantitative estimate of drug-likeness (QED) is 0.188. The third-order valence-electron chi connectivity index (χ3n) is 4.15. The summed E-state index contributed by atoms with van der Waals surface area (Å²) in [6.45, 7) is 0. The second-order valence-electron chi connectivity index (χ2n) is 5.76. The van der Waals surface area contributed by atoms with Crippen molar-refractivity contribution in [2.75, 3.05) is 5.32 Å². The van der Waals surface area contributed by atoms with E-state index in [0.29, 0.717) is 23.2 Å². The van der Waals surface area contributed by atoms with Crippen LogP contribution >= 0.6 is 0 Å². The second kappa shape index (κ2) is 10.4. The van der Waals surface area contributed by atoms with Crippen molar-refractivity contribution >= 4 is 38.0 Å². The molecule has 1 aliphatic carbocycles. The van der Waals surface area contributed by atoms with E-state index in [-0.39, 0.29) is 76.2 Å². The van der Waals surface area contributed by atoms with Crippen LogP contribution in [0, 0.1) is 6.07 Å². The number of carbonyl (C=O) groups excluding carboxylic acids is 2. The van der Waals surface area contributed by atoms with E-state index in [2.05, 4.69) is 11.4 Å². The smallest absolute Gasteiger partial charge is 0.744 e. The maximum Gasteiger partial charge on any atom is 1.00 e. The SMILES string of the molecule is O=C1/C(=C2\Nc3ccc(S(=O)(=O)[O-])cc3C2=O)Cc2cc[c-]cc21.O=S(=O)=O.[Na+].[Na+]. The Bertz CT molecular complexity index is 1280. The standard InChI is InChI=1S/C17H10NO5S.2Na.O3S/c19-16-11-4-2-1-3-9(11)7-13(16)15-17(20)12-8-10(24(21,22)23)5-6-14(12)18-15;;;1-4(2)3/h1,3-6,8,18H,7H2,(H,21,22,23);;;/q-1;2*+1;/p-1/b15-13-;;;. The minimum Gasteiger partial charge on any atom is -0.744 e. The molecule has 0 radical (unpaired) electrons. The van der Waals surface area contributed by atoms with Gasteiger partial charge in [0, 0.05) is 16.8 Å². The molecule has 0 aromatic heterocycles. The van der Waals surface area contributed by atoms with E-state index in [1.54, 1.807) is 18.2 Å². The zero-order valence-corrected chi connectivity index (χ0v) is 21.4. The zero-order valence-electron chi connectivity index (χ0n) is 15.8. The van der Waals surface area contributed by atoms with E-state index >= 15 is 0 Å². The van der Waals surface area contributed by atoms with Gasteiger partial charge in [-0.2, -0.15) is 24.3 Å². The van der Waals surface area contributed by atoms with E-state index in [9.17, 15) is 22.6 Å².